The number of carbonyl (C=O) groups is 1. The summed E-state index contributed by atoms with van der Waals surface area (Å²) in [6.07, 6.45) is -0.457. The Hall–Kier alpha value is -1.57. The van der Waals surface area contributed by atoms with Gasteiger partial charge in [-0.2, -0.15) is 13.2 Å². The first kappa shape index (κ1) is 13.5. The number of aromatic nitrogens is 2. The van der Waals surface area contributed by atoms with Crippen LogP contribution in [0.1, 0.15) is 18.0 Å². The number of aromatic amines is 1. The molecule has 1 aliphatic rings. The second-order valence-electron chi connectivity index (χ2n) is 3.59. The Labute approximate surface area is 94.3 Å². The molecule has 96 valence electrons. The Morgan fingerprint density at radius 1 is 1.59 bits per heavy atom. The molecule has 1 saturated carbocycles. The molecule has 1 heterocycles. The van der Waals surface area contributed by atoms with Gasteiger partial charge in [0.1, 0.15) is 0 Å². The molecule has 1 aromatic rings. The molecule has 0 aromatic carbocycles. The fourth-order valence-electron chi connectivity index (χ4n) is 1.30. The van der Waals surface area contributed by atoms with Crippen molar-refractivity contribution in [1.29, 1.82) is 0 Å². The summed E-state index contributed by atoms with van der Waals surface area (Å²) in [5.41, 5.74) is 1.17. The number of nitrogens with one attached hydrogen (secondary N) is 1. The molecule has 0 amide bonds. The largest absolute Gasteiger partial charge is 0.490 e. The molecular weight excluding hydrogens is 241 g/mol. The molecule has 8 heteroatoms. The van der Waals surface area contributed by atoms with Crippen molar-refractivity contribution in [3.63, 3.8) is 0 Å². The molecule has 1 fully saturated rings. The van der Waals surface area contributed by atoms with E-state index in [1.807, 2.05) is 6.20 Å². The van der Waals surface area contributed by atoms with Crippen molar-refractivity contribution in [2.45, 2.75) is 18.5 Å². The molecule has 1 aliphatic carbocycles. The Morgan fingerprint density at radius 3 is 2.47 bits per heavy atom. The van der Waals surface area contributed by atoms with Gasteiger partial charge in [0.15, 0.2) is 0 Å². The van der Waals surface area contributed by atoms with Crippen molar-refractivity contribution in [3.8, 4) is 0 Å². The maximum Gasteiger partial charge on any atom is 0.490 e. The minimum absolute atomic E-state index is 0.309. The van der Waals surface area contributed by atoms with Crippen LogP contribution in [0.5, 0.6) is 0 Å². The number of H-pyrrole nitrogens is 1. The van der Waals surface area contributed by atoms with Crippen LogP contribution in [-0.4, -0.2) is 38.9 Å². The number of hydrogen-bond acceptors (Lipinski definition) is 3. The second-order valence-corrected chi connectivity index (χ2v) is 3.59. The van der Waals surface area contributed by atoms with Gasteiger partial charge in [-0.1, -0.05) is 0 Å². The van der Waals surface area contributed by atoms with Crippen molar-refractivity contribution in [2.24, 2.45) is 5.92 Å². The Morgan fingerprint density at radius 2 is 2.18 bits per heavy atom. The SMILES string of the molecule is O=C(O)C(F)(F)F.OC[C@@H]1C[C@H]1c1cnc[nH]1. The lowest BCUT2D eigenvalue weighted by Crippen LogP contribution is -2.21. The van der Waals surface area contributed by atoms with Crippen LogP contribution in [-0.2, 0) is 4.79 Å². The molecular formula is C9H11F3N2O3. The normalized spacial score (nSPS) is 22.6. The quantitative estimate of drug-likeness (QED) is 0.736. The molecule has 5 nitrogen and oxygen atoms in total. The lowest BCUT2D eigenvalue weighted by molar-refractivity contribution is -0.192. The number of aliphatic hydroxyl groups excluding tert-OH is 1. The van der Waals surface area contributed by atoms with Gasteiger partial charge in [0.25, 0.3) is 0 Å². The van der Waals surface area contributed by atoms with Crippen LogP contribution in [0.4, 0.5) is 13.2 Å². The lowest BCUT2D eigenvalue weighted by atomic mass is 10.2. The average molecular weight is 252 g/mol. The van der Waals surface area contributed by atoms with E-state index in [1.54, 1.807) is 6.33 Å². The molecule has 2 atom stereocenters. The first-order valence-corrected chi connectivity index (χ1v) is 4.75. The van der Waals surface area contributed by atoms with E-state index in [4.69, 9.17) is 15.0 Å². The zero-order valence-corrected chi connectivity index (χ0v) is 8.61. The fourth-order valence-corrected chi connectivity index (χ4v) is 1.30. The number of aliphatic hydroxyl groups is 1. The van der Waals surface area contributed by atoms with E-state index >= 15 is 0 Å². The summed E-state index contributed by atoms with van der Waals surface area (Å²) < 4.78 is 31.7. The zero-order valence-electron chi connectivity index (χ0n) is 8.61. The van der Waals surface area contributed by atoms with Crippen molar-refractivity contribution in [3.05, 3.63) is 18.2 Å². The number of rotatable bonds is 2. The number of hydrogen-bond donors (Lipinski definition) is 3. The number of imidazole rings is 1. The van der Waals surface area contributed by atoms with Gasteiger partial charge in [-0.05, 0) is 12.3 Å². The Balaban J connectivity index is 0.000000185. The molecule has 2 rings (SSSR count). The van der Waals surface area contributed by atoms with Crippen LogP contribution in [0.15, 0.2) is 12.5 Å². The molecule has 0 aliphatic heterocycles. The summed E-state index contributed by atoms with van der Waals surface area (Å²) in [5.74, 6) is -1.72. The summed E-state index contributed by atoms with van der Waals surface area (Å²) in [7, 11) is 0. The number of aliphatic carboxylic acids is 1. The highest BCUT2D eigenvalue weighted by atomic mass is 19.4. The first-order valence-electron chi connectivity index (χ1n) is 4.75. The van der Waals surface area contributed by atoms with E-state index in [-0.39, 0.29) is 0 Å². The van der Waals surface area contributed by atoms with Crippen molar-refractivity contribution in [1.82, 2.24) is 9.97 Å². The molecule has 17 heavy (non-hydrogen) atoms. The number of carboxylic acids is 1. The predicted molar refractivity (Wildman–Crippen MR) is 50.2 cm³/mol. The maximum atomic E-state index is 10.6. The van der Waals surface area contributed by atoms with Crippen molar-refractivity contribution < 1.29 is 28.2 Å². The van der Waals surface area contributed by atoms with Crippen LogP contribution in [0.25, 0.3) is 0 Å². The molecule has 1 aromatic heterocycles. The van der Waals surface area contributed by atoms with Gasteiger partial charge in [0.05, 0.1) is 6.33 Å². The van der Waals surface area contributed by atoms with Gasteiger partial charge in [-0.3, -0.25) is 0 Å². The Bertz CT molecular complexity index is 364. The third-order valence-electron chi connectivity index (χ3n) is 2.32. The van der Waals surface area contributed by atoms with Crippen LogP contribution >= 0.6 is 0 Å². The molecule has 0 bridgehead atoms. The Kier molecular flexibility index (Phi) is 4.11. The maximum absolute atomic E-state index is 10.6. The monoisotopic (exact) mass is 252 g/mol. The smallest absolute Gasteiger partial charge is 0.475 e. The van der Waals surface area contributed by atoms with Crippen LogP contribution in [0.2, 0.25) is 0 Å². The summed E-state index contributed by atoms with van der Waals surface area (Å²) in [6.45, 7) is 0.309. The molecule has 0 saturated heterocycles. The highest BCUT2D eigenvalue weighted by Gasteiger charge is 2.38. The van der Waals surface area contributed by atoms with Gasteiger partial charge in [-0.15, -0.1) is 0 Å². The third-order valence-corrected chi connectivity index (χ3v) is 2.32. The van der Waals surface area contributed by atoms with E-state index in [9.17, 15) is 13.2 Å². The predicted octanol–water partition coefficient (Wildman–Crippen LogP) is 1.14. The van der Waals surface area contributed by atoms with Crippen LogP contribution < -0.4 is 0 Å². The minimum Gasteiger partial charge on any atom is -0.475 e. The summed E-state index contributed by atoms with van der Waals surface area (Å²) in [5, 5.41) is 15.9. The number of alkyl halides is 3. The zero-order chi connectivity index (χ0) is 13.1. The fraction of sp³-hybridized carbons (Fsp3) is 0.556. The van der Waals surface area contributed by atoms with Gasteiger partial charge in [-0.25, -0.2) is 9.78 Å². The third kappa shape index (κ3) is 4.06. The van der Waals surface area contributed by atoms with E-state index in [0.717, 1.165) is 6.42 Å². The van der Waals surface area contributed by atoms with Gasteiger partial charge < -0.3 is 15.2 Å². The molecule has 0 spiro atoms. The van der Waals surface area contributed by atoms with E-state index in [2.05, 4.69) is 9.97 Å². The van der Waals surface area contributed by atoms with E-state index in [0.29, 0.717) is 18.4 Å². The molecule has 0 radical (unpaired) electrons. The summed E-state index contributed by atoms with van der Waals surface area (Å²) >= 11 is 0. The topological polar surface area (TPSA) is 86.2 Å². The standard InChI is InChI=1S/C7H10N2O.C2HF3O2/c10-3-5-1-6(5)7-2-8-4-9-7;3-2(4,5)1(6)7/h2,4-6,10H,1,3H2,(H,8,9);(H,6,7)/t5-,6+;/m0./s1. The van der Waals surface area contributed by atoms with Gasteiger partial charge in [0.2, 0.25) is 0 Å². The first-order chi connectivity index (χ1) is 7.86. The number of carboxylic acid groups (broad SMARTS) is 1. The number of nitrogens with zero attached hydrogens (tertiary/aromatic N) is 1. The highest BCUT2D eigenvalue weighted by molar-refractivity contribution is 5.73. The highest BCUT2D eigenvalue weighted by Crippen LogP contribution is 2.45. The lowest BCUT2D eigenvalue weighted by Gasteiger charge is -1.93. The number of halogens is 3. The van der Waals surface area contributed by atoms with Crippen LogP contribution in [0, 0.1) is 5.92 Å². The van der Waals surface area contributed by atoms with Crippen LogP contribution in [0.3, 0.4) is 0 Å². The van der Waals surface area contributed by atoms with Gasteiger partial charge >= 0.3 is 12.1 Å². The molecule has 0 unspecified atom stereocenters. The van der Waals surface area contributed by atoms with Gasteiger partial charge in [0, 0.05) is 24.4 Å². The molecule has 3 N–H and O–H groups in total. The summed E-state index contributed by atoms with van der Waals surface area (Å²) in [4.78, 5) is 15.9. The van der Waals surface area contributed by atoms with Crippen molar-refractivity contribution >= 4 is 5.97 Å². The van der Waals surface area contributed by atoms with E-state index < -0.39 is 12.1 Å². The van der Waals surface area contributed by atoms with Crippen molar-refractivity contribution in [2.75, 3.05) is 6.61 Å². The van der Waals surface area contributed by atoms with E-state index in [1.165, 1.54) is 5.69 Å². The summed E-state index contributed by atoms with van der Waals surface area (Å²) in [6, 6.07) is 0. The minimum atomic E-state index is -5.08. The average Bonchev–Trinajstić information content (AvgIpc) is 2.82. The second kappa shape index (κ2) is 5.17.